The van der Waals surface area contributed by atoms with Crippen molar-refractivity contribution in [3.8, 4) is 11.5 Å². The minimum atomic E-state index is -3.55. The highest BCUT2D eigenvalue weighted by Gasteiger charge is 2.14. The van der Waals surface area contributed by atoms with Gasteiger partial charge in [0.15, 0.2) is 6.61 Å². The number of ether oxygens (including phenoxy) is 2. The lowest BCUT2D eigenvalue weighted by atomic mass is 10.1. The van der Waals surface area contributed by atoms with Crippen LogP contribution in [0.3, 0.4) is 0 Å². The van der Waals surface area contributed by atoms with Crippen molar-refractivity contribution < 1.29 is 22.7 Å². The van der Waals surface area contributed by atoms with Crippen molar-refractivity contribution >= 4 is 21.6 Å². The van der Waals surface area contributed by atoms with Gasteiger partial charge in [-0.3, -0.25) is 4.79 Å². The fraction of sp³-hybridized carbons (Fsp3) is 0.350. The third-order valence-corrected chi connectivity index (χ3v) is 5.37. The van der Waals surface area contributed by atoms with Crippen molar-refractivity contribution in [2.75, 3.05) is 25.6 Å². The molecule has 0 spiro atoms. The van der Waals surface area contributed by atoms with Crippen LogP contribution in [0.1, 0.15) is 20.3 Å². The number of amides is 1. The maximum atomic E-state index is 12.2. The molecule has 2 aromatic rings. The van der Waals surface area contributed by atoms with E-state index < -0.39 is 10.0 Å². The molecule has 1 amide bonds. The Morgan fingerprint density at radius 2 is 1.61 bits per heavy atom. The van der Waals surface area contributed by atoms with Gasteiger partial charge in [-0.2, -0.15) is 0 Å². The van der Waals surface area contributed by atoms with Gasteiger partial charge < -0.3 is 14.8 Å². The number of sulfonamides is 1. The normalized spacial score (nSPS) is 11.3. The molecule has 8 heteroatoms. The first-order valence-corrected chi connectivity index (χ1v) is 10.4. The SMILES string of the molecule is COc1ccc(NC(=O)COc2ccc(S(=O)(=O)NCCC(C)C)cc2)cc1. The standard InChI is InChI=1S/C20H26N2O5S/c1-15(2)12-13-21-28(24,25)19-10-8-18(9-11-19)27-14-20(23)22-16-4-6-17(26-3)7-5-16/h4-11,15,21H,12-14H2,1-3H3,(H,22,23). The molecule has 0 saturated heterocycles. The van der Waals surface area contributed by atoms with E-state index in [2.05, 4.69) is 10.0 Å². The largest absolute Gasteiger partial charge is 0.497 e. The second-order valence-corrected chi connectivity index (χ2v) is 8.38. The monoisotopic (exact) mass is 406 g/mol. The molecular formula is C20H26N2O5S. The molecule has 0 aliphatic heterocycles. The second-order valence-electron chi connectivity index (χ2n) is 6.62. The van der Waals surface area contributed by atoms with Gasteiger partial charge in [0.2, 0.25) is 10.0 Å². The van der Waals surface area contributed by atoms with Crippen LogP contribution in [-0.2, 0) is 14.8 Å². The van der Waals surface area contributed by atoms with E-state index in [9.17, 15) is 13.2 Å². The fourth-order valence-electron chi connectivity index (χ4n) is 2.30. The highest BCUT2D eigenvalue weighted by molar-refractivity contribution is 7.89. The molecule has 0 aliphatic rings. The Hall–Kier alpha value is -2.58. The Labute approximate surface area is 166 Å². The summed E-state index contributed by atoms with van der Waals surface area (Å²) in [4.78, 5) is 12.1. The number of rotatable bonds is 10. The summed E-state index contributed by atoms with van der Waals surface area (Å²) in [6, 6.07) is 12.9. The maximum Gasteiger partial charge on any atom is 0.262 e. The van der Waals surface area contributed by atoms with Gasteiger partial charge in [0.05, 0.1) is 12.0 Å². The molecule has 152 valence electrons. The number of carbonyl (C=O) groups is 1. The Bertz CT molecular complexity index is 862. The molecule has 2 aromatic carbocycles. The molecule has 7 nitrogen and oxygen atoms in total. The predicted molar refractivity (Wildman–Crippen MR) is 108 cm³/mol. The zero-order chi connectivity index (χ0) is 20.6. The lowest BCUT2D eigenvalue weighted by molar-refractivity contribution is -0.118. The van der Waals surface area contributed by atoms with E-state index in [1.54, 1.807) is 31.4 Å². The highest BCUT2D eigenvalue weighted by atomic mass is 32.2. The first kappa shape index (κ1) is 21.7. The molecule has 28 heavy (non-hydrogen) atoms. The van der Waals surface area contributed by atoms with Crippen molar-refractivity contribution in [2.24, 2.45) is 5.92 Å². The molecule has 0 saturated carbocycles. The summed E-state index contributed by atoms with van der Waals surface area (Å²) in [6.45, 7) is 4.27. The van der Waals surface area contributed by atoms with E-state index in [-0.39, 0.29) is 17.4 Å². The van der Waals surface area contributed by atoms with Gasteiger partial charge >= 0.3 is 0 Å². The number of methoxy groups -OCH3 is 1. The fourth-order valence-corrected chi connectivity index (χ4v) is 3.35. The maximum absolute atomic E-state index is 12.2. The van der Waals surface area contributed by atoms with E-state index in [0.29, 0.717) is 29.6 Å². The highest BCUT2D eigenvalue weighted by Crippen LogP contribution is 2.17. The first-order valence-electron chi connectivity index (χ1n) is 8.96. The molecule has 0 aromatic heterocycles. The molecule has 0 aliphatic carbocycles. The second kappa shape index (κ2) is 10.1. The third kappa shape index (κ3) is 6.86. The number of benzene rings is 2. The van der Waals surface area contributed by atoms with Crippen LogP contribution in [-0.4, -0.2) is 34.6 Å². The van der Waals surface area contributed by atoms with Gasteiger partial charge in [0, 0.05) is 12.2 Å². The van der Waals surface area contributed by atoms with E-state index >= 15 is 0 Å². The first-order chi connectivity index (χ1) is 13.3. The molecular weight excluding hydrogens is 380 g/mol. The van der Waals surface area contributed by atoms with E-state index in [1.165, 1.54) is 24.3 Å². The van der Waals surface area contributed by atoms with Gasteiger partial charge in [0.25, 0.3) is 5.91 Å². The van der Waals surface area contributed by atoms with Crippen molar-refractivity contribution in [3.05, 3.63) is 48.5 Å². The Balaban J connectivity index is 1.85. The number of carbonyl (C=O) groups excluding carboxylic acids is 1. The summed E-state index contributed by atoms with van der Waals surface area (Å²) in [5.41, 5.74) is 0.628. The Kier molecular flexibility index (Phi) is 7.83. The molecule has 2 N–H and O–H groups in total. The van der Waals surface area contributed by atoms with Gasteiger partial charge in [-0.25, -0.2) is 13.1 Å². The molecule has 0 bridgehead atoms. The minimum absolute atomic E-state index is 0.159. The van der Waals surface area contributed by atoms with Crippen LogP contribution < -0.4 is 19.5 Å². The molecule has 2 rings (SSSR count). The molecule has 0 heterocycles. The van der Waals surface area contributed by atoms with E-state index in [4.69, 9.17) is 9.47 Å². The van der Waals surface area contributed by atoms with Crippen LogP contribution in [0.15, 0.2) is 53.4 Å². The summed E-state index contributed by atoms with van der Waals surface area (Å²) >= 11 is 0. The van der Waals surface area contributed by atoms with Crippen molar-refractivity contribution in [3.63, 3.8) is 0 Å². The average Bonchev–Trinajstić information content (AvgIpc) is 2.67. The van der Waals surface area contributed by atoms with E-state index in [1.807, 2.05) is 13.8 Å². The summed E-state index contributed by atoms with van der Waals surface area (Å²) in [6.07, 6.45) is 0.768. The summed E-state index contributed by atoms with van der Waals surface area (Å²) in [7, 11) is -1.98. The van der Waals surface area contributed by atoms with Gasteiger partial charge in [0.1, 0.15) is 11.5 Å². The topological polar surface area (TPSA) is 93.7 Å². The number of nitrogens with one attached hydrogen (secondary N) is 2. The lowest BCUT2D eigenvalue weighted by Crippen LogP contribution is -2.25. The van der Waals surface area contributed by atoms with Crippen molar-refractivity contribution in [1.29, 1.82) is 0 Å². The zero-order valence-corrected chi connectivity index (χ0v) is 17.1. The Morgan fingerprint density at radius 1 is 1.00 bits per heavy atom. The average molecular weight is 407 g/mol. The number of hydrogen-bond donors (Lipinski definition) is 2. The number of hydrogen-bond acceptors (Lipinski definition) is 5. The van der Waals surface area contributed by atoms with Crippen LogP contribution in [0.5, 0.6) is 11.5 Å². The summed E-state index contributed by atoms with van der Waals surface area (Å²) in [5, 5.41) is 2.71. The van der Waals surface area contributed by atoms with E-state index in [0.717, 1.165) is 6.42 Å². The quantitative estimate of drug-likeness (QED) is 0.633. The zero-order valence-electron chi connectivity index (χ0n) is 16.3. The summed E-state index contributed by atoms with van der Waals surface area (Å²) in [5.74, 6) is 1.20. The van der Waals surface area contributed by atoms with Crippen LogP contribution >= 0.6 is 0 Å². The van der Waals surface area contributed by atoms with Crippen molar-refractivity contribution in [1.82, 2.24) is 4.72 Å². The van der Waals surface area contributed by atoms with Crippen LogP contribution in [0, 0.1) is 5.92 Å². The smallest absolute Gasteiger partial charge is 0.262 e. The molecule has 0 radical (unpaired) electrons. The molecule has 0 atom stereocenters. The molecule has 0 unspecified atom stereocenters. The van der Waals surface area contributed by atoms with Crippen LogP contribution in [0.4, 0.5) is 5.69 Å². The van der Waals surface area contributed by atoms with Crippen LogP contribution in [0.2, 0.25) is 0 Å². The van der Waals surface area contributed by atoms with Gasteiger partial charge in [-0.15, -0.1) is 0 Å². The summed E-state index contributed by atoms with van der Waals surface area (Å²) < 4.78 is 37.5. The Morgan fingerprint density at radius 3 is 2.18 bits per heavy atom. The third-order valence-electron chi connectivity index (χ3n) is 3.89. The number of anilines is 1. The lowest BCUT2D eigenvalue weighted by Gasteiger charge is -2.10. The van der Waals surface area contributed by atoms with Crippen LogP contribution in [0.25, 0.3) is 0 Å². The molecule has 0 fully saturated rings. The van der Waals surface area contributed by atoms with Crippen molar-refractivity contribution in [2.45, 2.75) is 25.2 Å². The van der Waals surface area contributed by atoms with Gasteiger partial charge in [-0.1, -0.05) is 13.8 Å². The minimum Gasteiger partial charge on any atom is -0.497 e. The predicted octanol–water partition coefficient (Wildman–Crippen LogP) is 3.04. The van der Waals surface area contributed by atoms with Gasteiger partial charge in [-0.05, 0) is 60.9 Å².